The zero-order valence-corrected chi connectivity index (χ0v) is 17.7. The number of hydrogen-bond donors (Lipinski definition) is 2. The van der Waals surface area contributed by atoms with Crippen LogP contribution >= 0.6 is 23.1 Å². The second kappa shape index (κ2) is 9.06. The number of anilines is 1. The largest absolute Gasteiger partial charge is 0.507 e. The fourth-order valence-corrected chi connectivity index (χ4v) is 4.19. The third-order valence-corrected chi connectivity index (χ3v) is 6.05. The molecule has 0 aliphatic rings. The van der Waals surface area contributed by atoms with Crippen LogP contribution in [0.5, 0.6) is 5.75 Å². The molecule has 0 radical (unpaired) electrons. The van der Waals surface area contributed by atoms with Crippen molar-refractivity contribution in [2.24, 2.45) is 0 Å². The summed E-state index contributed by atoms with van der Waals surface area (Å²) in [6.45, 7) is 1.99. The summed E-state index contributed by atoms with van der Waals surface area (Å²) in [4.78, 5) is 12.4. The number of nitrogens with one attached hydrogen (secondary N) is 1. The fourth-order valence-electron chi connectivity index (χ4n) is 2.74. The third-order valence-electron chi connectivity index (χ3n) is 4.14. The highest BCUT2D eigenvalue weighted by molar-refractivity contribution is 7.99. The highest BCUT2D eigenvalue weighted by Gasteiger charge is 2.19. The smallest absolute Gasteiger partial charge is 0.236 e. The van der Waals surface area contributed by atoms with Crippen LogP contribution in [0.15, 0.2) is 59.8 Å². The van der Waals surface area contributed by atoms with Gasteiger partial charge in [0, 0.05) is 5.69 Å². The van der Waals surface area contributed by atoms with E-state index in [1.165, 1.54) is 23.1 Å². The van der Waals surface area contributed by atoms with Crippen molar-refractivity contribution in [2.45, 2.75) is 18.5 Å². The van der Waals surface area contributed by atoms with E-state index in [-0.39, 0.29) is 17.4 Å². The van der Waals surface area contributed by atoms with E-state index in [2.05, 4.69) is 25.7 Å². The van der Waals surface area contributed by atoms with Gasteiger partial charge in [-0.2, -0.15) is 0 Å². The Labute approximate surface area is 181 Å². The maximum atomic E-state index is 12.4. The molecule has 0 spiro atoms. The molecule has 0 aliphatic carbocycles. The second-order valence-electron chi connectivity index (χ2n) is 6.19. The lowest BCUT2D eigenvalue weighted by atomic mass is 10.2. The number of phenols is 1. The first kappa shape index (κ1) is 20.0. The Kier molecular flexibility index (Phi) is 6.05. The van der Waals surface area contributed by atoms with Gasteiger partial charge >= 0.3 is 0 Å². The minimum Gasteiger partial charge on any atom is -0.507 e. The Morgan fingerprint density at radius 2 is 1.83 bits per heavy atom. The van der Waals surface area contributed by atoms with Crippen LogP contribution in [0, 0.1) is 0 Å². The van der Waals surface area contributed by atoms with Crippen molar-refractivity contribution in [2.75, 3.05) is 11.1 Å². The number of aryl methyl sites for hydroxylation is 1. The summed E-state index contributed by atoms with van der Waals surface area (Å²) in [5, 5.41) is 31.5. The molecule has 4 rings (SSSR count). The molecule has 1 amide bonds. The maximum Gasteiger partial charge on any atom is 0.236 e. The molecule has 30 heavy (non-hydrogen) atoms. The summed E-state index contributed by atoms with van der Waals surface area (Å²) in [6, 6.07) is 16.5. The molecule has 0 atom stereocenters. The first-order valence-electron chi connectivity index (χ1n) is 9.20. The lowest BCUT2D eigenvalue weighted by molar-refractivity contribution is -0.113. The number of hydrogen-bond acceptors (Lipinski definition) is 8. The number of thioether (sulfide) groups is 1. The Morgan fingerprint density at radius 1 is 1.07 bits per heavy atom. The average Bonchev–Trinajstić information content (AvgIpc) is 3.40. The minimum absolute atomic E-state index is 0.111. The van der Waals surface area contributed by atoms with Crippen LogP contribution in [0.25, 0.3) is 17.1 Å². The SMILES string of the molecule is CCc1nnc(NC(=O)CSc2nnc(-c3ccccc3O)n2-c2ccccc2)s1. The Bertz CT molecular complexity index is 1160. The van der Waals surface area contributed by atoms with Crippen molar-refractivity contribution in [3.8, 4) is 22.8 Å². The van der Waals surface area contributed by atoms with E-state index in [1.54, 1.807) is 18.2 Å². The number of carbonyl (C=O) groups is 1. The monoisotopic (exact) mass is 438 g/mol. The van der Waals surface area contributed by atoms with E-state index < -0.39 is 0 Å². The summed E-state index contributed by atoms with van der Waals surface area (Å²) in [5.74, 6) is 0.538. The van der Waals surface area contributed by atoms with Gasteiger partial charge in [-0.15, -0.1) is 20.4 Å². The standard InChI is InChI=1S/C20H18N6O2S2/c1-2-17-22-24-19(30-17)21-16(28)12-29-20-25-23-18(14-10-6-7-11-15(14)27)26(20)13-8-4-3-5-9-13/h3-11,27H,2,12H2,1H3,(H,21,24,28). The molecular formula is C20H18N6O2S2. The summed E-state index contributed by atoms with van der Waals surface area (Å²) in [5.41, 5.74) is 1.39. The summed E-state index contributed by atoms with van der Waals surface area (Å²) in [7, 11) is 0. The Hall–Kier alpha value is -3.24. The number of benzene rings is 2. The number of aromatic nitrogens is 5. The second-order valence-corrected chi connectivity index (χ2v) is 8.19. The van der Waals surface area contributed by atoms with Gasteiger partial charge in [0.05, 0.1) is 11.3 Å². The lowest BCUT2D eigenvalue weighted by Gasteiger charge is -2.11. The average molecular weight is 439 g/mol. The van der Waals surface area contributed by atoms with Crippen LogP contribution in [0.4, 0.5) is 5.13 Å². The quantitative estimate of drug-likeness (QED) is 0.423. The summed E-state index contributed by atoms with van der Waals surface area (Å²) < 4.78 is 1.83. The molecule has 2 N–H and O–H groups in total. The normalized spacial score (nSPS) is 10.8. The molecule has 4 aromatic rings. The number of carbonyl (C=O) groups excluding carboxylic acids is 1. The first-order chi connectivity index (χ1) is 14.7. The van der Waals surface area contributed by atoms with E-state index >= 15 is 0 Å². The zero-order valence-electron chi connectivity index (χ0n) is 16.0. The van der Waals surface area contributed by atoms with Crippen molar-refractivity contribution in [1.82, 2.24) is 25.0 Å². The first-order valence-corrected chi connectivity index (χ1v) is 11.0. The van der Waals surface area contributed by atoms with Gasteiger partial charge in [-0.05, 0) is 30.7 Å². The van der Waals surface area contributed by atoms with E-state index in [9.17, 15) is 9.90 Å². The molecule has 0 unspecified atom stereocenters. The minimum atomic E-state index is -0.203. The van der Waals surface area contributed by atoms with Crippen molar-refractivity contribution in [1.29, 1.82) is 0 Å². The number of rotatable bonds is 7. The van der Waals surface area contributed by atoms with Crippen LogP contribution in [0.1, 0.15) is 11.9 Å². The molecular weight excluding hydrogens is 420 g/mol. The molecule has 2 aromatic heterocycles. The zero-order chi connectivity index (χ0) is 20.9. The molecule has 0 bridgehead atoms. The van der Waals surface area contributed by atoms with E-state index in [1.807, 2.05) is 47.9 Å². The van der Waals surface area contributed by atoms with Gasteiger partial charge in [-0.1, -0.05) is 60.4 Å². The van der Waals surface area contributed by atoms with Crippen LogP contribution in [0.3, 0.4) is 0 Å². The predicted octanol–water partition coefficient (Wildman–Crippen LogP) is 3.78. The molecule has 0 fully saturated rings. The lowest BCUT2D eigenvalue weighted by Crippen LogP contribution is -2.14. The fraction of sp³-hybridized carbons (Fsp3) is 0.150. The topological polar surface area (TPSA) is 106 Å². The van der Waals surface area contributed by atoms with Crippen LogP contribution in [-0.4, -0.2) is 41.7 Å². The number of para-hydroxylation sites is 2. The van der Waals surface area contributed by atoms with Gasteiger partial charge in [0.2, 0.25) is 11.0 Å². The highest BCUT2D eigenvalue weighted by Crippen LogP contribution is 2.32. The molecule has 0 saturated carbocycles. The van der Waals surface area contributed by atoms with E-state index in [0.29, 0.717) is 21.7 Å². The van der Waals surface area contributed by atoms with Crippen LogP contribution < -0.4 is 5.32 Å². The van der Waals surface area contributed by atoms with Crippen molar-refractivity contribution < 1.29 is 9.90 Å². The molecule has 2 aromatic carbocycles. The molecule has 2 heterocycles. The van der Waals surface area contributed by atoms with Gasteiger partial charge in [-0.3, -0.25) is 14.7 Å². The maximum absolute atomic E-state index is 12.4. The molecule has 0 saturated heterocycles. The third kappa shape index (κ3) is 4.34. The Balaban J connectivity index is 1.59. The molecule has 0 aliphatic heterocycles. The highest BCUT2D eigenvalue weighted by atomic mass is 32.2. The van der Waals surface area contributed by atoms with Gasteiger partial charge < -0.3 is 5.11 Å². The number of nitrogens with zero attached hydrogens (tertiary/aromatic N) is 5. The number of aromatic hydroxyl groups is 1. The Morgan fingerprint density at radius 3 is 2.57 bits per heavy atom. The van der Waals surface area contributed by atoms with Crippen LogP contribution in [0.2, 0.25) is 0 Å². The number of amides is 1. The van der Waals surface area contributed by atoms with Gasteiger partial charge in [0.25, 0.3) is 0 Å². The summed E-state index contributed by atoms with van der Waals surface area (Å²) in [6.07, 6.45) is 0.775. The van der Waals surface area contributed by atoms with Gasteiger partial charge in [0.15, 0.2) is 11.0 Å². The van der Waals surface area contributed by atoms with E-state index in [0.717, 1.165) is 17.1 Å². The predicted molar refractivity (Wildman–Crippen MR) is 117 cm³/mol. The summed E-state index contributed by atoms with van der Waals surface area (Å²) >= 11 is 2.62. The van der Waals surface area contributed by atoms with Crippen molar-refractivity contribution in [3.05, 3.63) is 59.6 Å². The van der Waals surface area contributed by atoms with Gasteiger partial charge in [-0.25, -0.2) is 0 Å². The van der Waals surface area contributed by atoms with Gasteiger partial charge in [0.1, 0.15) is 10.8 Å². The molecule has 8 nitrogen and oxygen atoms in total. The molecule has 152 valence electrons. The van der Waals surface area contributed by atoms with E-state index in [4.69, 9.17) is 0 Å². The number of phenolic OH excluding ortho intramolecular Hbond substituents is 1. The van der Waals surface area contributed by atoms with Crippen LogP contribution in [-0.2, 0) is 11.2 Å². The van der Waals surface area contributed by atoms with Crippen molar-refractivity contribution >= 4 is 34.1 Å². The molecule has 10 heteroatoms. The van der Waals surface area contributed by atoms with Crippen molar-refractivity contribution in [3.63, 3.8) is 0 Å².